The van der Waals surface area contributed by atoms with Crippen LogP contribution in [0, 0.1) is 11.8 Å². The molecule has 0 aromatic carbocycles. The van der Waals surface area contributed by atoms with Gasteiger partial charge in [-0.2, -0.15) is 0 Å². The molecule has 0 heterocycles. The highest BCUT2D eigenvalue weighted by Gasteiger charge is 2.49. The Morgan fingerprint density at radius 1 is 1.48 bits per heavy atom. The van der Waals surface area contributed by atoms with Crippen molar-refractivity contribution in [2.45, 2.75) is 58.4 Å². The van der Waals surface area contributed by atoms with Crippen molar-refractivity contribution in [2.24, 2.45) is 11.8 Å². The molecule has 0 amide bonds. The summed E-state index contributed by atoms with van der Waals surface area (Å²) in [6.07, 6.45) is 5.26. The summed E-state index contributed by atoms with van der Waals surface area (Å²) >= 11 is 0. The number of hydrogen-bond donors (Lipinski definition) is 1. The summed E-state index contributed by atoms with van der Waals surface area (Å²) in [6, 6.07) is 0. The molecule has 0 bridgehead atoms. The lowest BCUT2D eigenvalue weighted by Crippen LogP contribution is -2.56. The van der Waals surface area contributed by atoms with Crippen LogP contribution in [0.25, 0.3) is 0 Å². The Morgan fingerprint density at radius 3 is 2.76 bits per heavy atom. The highest BCUT2D eigenvalue weighted by Crippen LogP contribution is 2.39. The van der Waals surface area contributed by atoms with E-state index in [9.17, 15) is 4.79 Å². The molecular formula is C17H34N2O2. The second kappa shape index (κ2) is 8.74. The summed E-state index contributed by atoms with van der Waals surface area (Å²) in [4.78, 5) is 14.8. The fourth-order valence-corrected chi connectivity index (χ4v) is 3.66. The van der Waals surface area contributed by atoms with E-state index in [1.165, 1.54) is 7.11 Å². The van der Waals surface area contributed by atoms with E-state index in [0.717, 1.165) is 51.7 Å². The van der Waals surface area contributed by atoms with Crippen LogP contribution in [0.3, 0.4) is 0 Å². The first-order chi connectivity index (χ1) is 9.96. The maximum Gasteiger partial charge on any atom is 0.326 e. The third-order valence-corrected chi connectivity index (χ3v) is 4.60. The van der Waals surface area contributed by atoms with Crippen LogP contribution < -0.4 is 5.32 Å². The molecule has 4 heteroatoms. The van der Waals surface area contributed by atoms with Crippen molar-refractivity contribution >= 4 is 5.97 Å². The highest BCUT2D eigenvalue weighted by molar-refractivity contribution is 5.81. The number of methoxy groups -OCH3 is 1. The molecule has 0 aromatic heterocycles. The summed E-state index contributed by atoms with van der Waals surface area (Å²) < 4.78 is 5.12. The van der Waals surface area contributed by atoms with Gasteiger partial charge in [0.25, 0.3) is 0 Å². The van der Waals surface area contributed by atoms with E-state index >= 15 is 0 Å². The Labute approximate surface area is 130 Å². The van der Waals surface area contributed by atoms with E-state index in [-0.39, 0.29) is 5.97 Å². The highest BCUT2D eigenvalue weighted by atomic mass is 16.5. The number of nitrogens with zero attached hydrogens (tertiary/aromatic N) is 1. The zero-order valence-corrected chi connectivity index (χ0v) is 14.6. The fraction of sp³-hybridized carbons (Fsp3) is 0.941. The molecule has 0 aliphatic heterocycles. The van der Waals surface area contributed by atoms with E-state index in [1.807, 2.05) is 0 Å². The second-order valence-electron chi connectivity index (χ2n) is 6.92. The lowest BCUT2D eigenvalue weighted by Gasteiger charge is -2.35. The maximum absolute atomic E-state index is 12.4. The first-order valence-corrected chi connectivity index (χ1v) is 8.48. The molecule has 1 rings (SSSR count). The smallest absolute Gasteiger partial charge is 0.326 e. The Morgan fingerprint density at radius 2 is 2.19 bits per heavy atom. The minimum Gasteiger partial charge on any atom is -0.468 e. The van der Waals surface area contributed by atoms with E-state index in [1.54, 1.807) is 0 Å². The first kappa shape index (κ1) is 18.4. The molecule has 1 aliphatic carbocycles. The molecule has 21 heavy (non-hydrogen) atoms. The average molecular weight is 298 g/mol. The van der Waals surface area contributed by atoms with Gasteiger partial charge in [-0.25, -0.2) is 0 Å². The molecule has 0 radical (unpaired) electrons. The zero-order valence-electron chi connectivity index (χ0n) is 14.6. The molecule has 4 nitrogen and oxygen atoms in total. The van der Waals surface area contributed by atoms with Gasteiger partial charge in [0.15, 0.2) is 0 Å². The third-order valence-electron chi connectivity index (χ3n) is 4.60. The van der Waals surface area contributed by atoms with Crippen LogP contribution in [0.5, 0.6) is 0 Å². The Hall–Kier alpha value is -0.610. The van der Waals surface area contributed by atoms with E-state index < -0.39 is 5.54 Å². The van der Waals surface area contributed by atoms with Crippen LogP contribution in [0.1, 0.15) is 52.9 Å². The zero-order chi connectivity index (χ0) is 15.9. The average Bonchev–Trinajstić information content (AvgIpc) is 2.85. The van der Waals surface area contributed by atoms with Crippen molar-refractivity contribution in [1.29, 1.82) is 0 Å². The number of esters is 1. The van der Waals surface area contributed by atoms with Gasteiger partial charge in [-0.05, 0) is 57.7 Å². The Bertz CT molecular complexity index is 320. The van der Waals surface area contributed by atoms with Crippen molar-refractivity contribution in [3.63, 3.8) is 0 Å². The summed E-state index contributed by atoms with van der Waals surface area (Å²) in [5.41, 5.74) is -0.441. The monoisotopic (exact) mass is 298 g/mol. The quantitative estimate of drug-likeness (QED) is 0.665. The summed E-state index contributed by atoms with van der Waals surface area (Å²) in [6.45, 7) is 9.67. The number of carbonyl (C=O) groups is 1. The Balaban J connectivity index is 2.66. The summed E-state index contributed by atoms with van der Waals surface area (Å²) in [5.74, 6) is 1.01. The van der Waals surface area contributed by atoms with E-state index in [2.05, 4.69) is 38.0 Å². The van der Waals surface area contributed by atoms with Crippen LogP contribution in [-0.4, -0.2) is 50.2 Å². The van der Waals surface area contributed by atoms with Crippen LogP contribution in [0.2, 0.25) is 0 Å². The molecule has 1 fully saturated rings. The lowest BCUT2D eigenvalue weighted by molar-refractivity contribution is -0.150. The molecule has 124 valence electrons. The van der Waals surface area contributed by atoms with Crippen LogP contribution in [-0.2, 0) is 9.53 Å². The Kier molecular flexibility index (Phi) is 7.67. The number of ether oxygens (including phenoxy) is 1. The molecule has 1 aliphatic rings. The summed E-state index contributed by atoms with van der Waals surface area (Å²) in [7, 11) is 3.69. The van der Waals surface area contributed by atoms with Crippen LogP contribution >= 0.6 is 0 Å². The molecule has 0 saturated heterocycles. The predicted octanol–water partition coefficient (Wildman–Crippen LogP) is 2.68. The minimum atomic E-state index is -0.441. The molecule has 1 saturated carbocycles. The second-order valence-corrected chi connectivity index (χ2v) is 6.92. The van der Waals surface area contributed by atoms with E-state index in [0.29, 0.717) is 11.8 Å². The van der Waals surface area contributed by atoms with Crippen LogP contribution in [0.4, 0.5) is 0 Å². The van der Waals surface area contributed by atoms with Gasteiger partial charge in [0.05, 0.1) is 7.11 Å². The molecule has 0 aromatic rings. The summed E-state index contributed by atoms with van der Waals surface area (Å²) in [5, 5.41) is 3.52. The van der Waals surface area contributed by atoms with Crippen molar-refractivity contribution in [2.75, 3.05) is 33.8 Å². The van der Waals surface area contributed by atoms with Gasteiger partial charge in [0.1, 0.15) is 5.54 Å². The van der Waals surface area contributed by atoms with Crippen molar-refractivity contribution < 1.29 is 9.53 Å². The molecular weight excluding hydrogens is 264 g/mol. The predicted molar refractivity (Wildman–Crippen MR) is 87.3 cm³/mol. The number of hydrogen-bond acceptors (Lipinski definition) is 4. The van der Waals surface area contributed by atoms with Gasteiger partial charge in [0.2, 0.25) is 0 Å². The molecule has 1 N–H and O–H groups in total. The van der Waals surface area contributed by atoms with Gasteiger partial charge in [0, 0.05) is 6.54 Å². The fourth-order valence-electron chi connectivity index (χ4n) is 3.66. The van der Waals surface area contributed by atoms with Gasteiger partial charge in [-0.15, -0.1) is 0 Å². The van der Waals surface area contributed by atoms with Gasteiger partial charge >= 0.3 is 5.97 Å². The van der Waals surface area contributed by atoms with Gasteiger partial charge < -0.3 is 15.0 Å². The number of rotatable bonds is 9. The standard InChI is InChI=1S/C17H34N2O2/c1-6-11-18-17(16(20)21-5)10-7-8-15(17)9-12-19(4)13-14(2)3/h14-15,18H,6-13H2,1-5H3. The van der Waals surface area contributed by atoms with Gasteiger partial charge in [-0.3, -0.25) is 4.79 Å². The SMILES string of the molecule is CCCNC1(C(=O)OC)CCCC1CCN(C)CC(C)C. The van der Waals surface area contributed by atoms with Crippen molar-refractivity contribution in [3.8, 4) is 0 Å². The lowest BCUT2D eigenvalue weighted by atomic mass is 9.84. The molecule has 2 atom stereocenters. The van der Waals surface area contributed by atoms with E-state index in [4.69, 9.17) is 4.74 Å². The molecule has 0 spiro atoms. The maximum atomic E-state index is 12.4. The largest absolute Gasteiger partial charge is 0.468 e. The number of carbonyl (C=O) groups excluding carboxylic acids is 1. The topological polar surface area (TPSA) is 41.6 Å². The normalized spacial score (nSPS) is 25.8. The van der Waals surface area contributed by atoms with Crippen molar-refractivity contribution in [3.05, 3.63) is 0 Å². The minimum absolute atomic E-state index is 0.0648. The van der Waals surface area contributed by atoms with Gasteiger partial charge in [-0.1, -0.05) is 27.2 Å². The van der Waals surface area contributed by atoms with Crippen molar-refractivity contribution in [1.82, 2.24) is 10.2 Å². The third kappa shape index (κ3) is 4.96. The van der Waals surface area contributed by atoms with Crippen LogP contribution in [0.15, 0.2) is 0 Å². The molecule has 2 unspecified atom stereocenters. The first-order valence-electron chi connectivity index (χ1n) is 8.48. The number of nitrogens with one attached hydrogen (secondary N) is 1.